The first-order valence-corrected chi connectivity index (χ1v) is 49.6. The molecule has 0 fully saturated rings. The molecule has 0 N–H and O–H groups in total. The van der Waals surface area contributed by atoms with E-state index in [9.17, 15) is 0 Å². The molecule has 0 saturated heterocycles. The smallest absolute Gasteiger partial charge is 0.0306 e. The topological polar surface area (TPSA) is 0 Å². The van der Waals surface area contributed by atoms with E-state index < -0.39 is 52.2 Å². The van der Waals surface area contributed by atoms with Crippen LogP contribution >= 0.6 is 7.92 Å². The molecule has 1 rings (SSSR count). The van der Waals surface area contributed by atoms with Crippen LogP contribution < -0.4 is 0 Å². The van der Waals surface area contributed by atoms with Crippen LogP contribution in [0.3, 0.4) is 0 Å². The van der Waals surface area contributed by atoms with Crippen molar-refractivity contribution in [3.8, 4) is 0 Å². The number of hydrogen-bond acceptors (Lipinski definition) is 0. The Labute approximate surface area is 265 Å². The maximum Gasteiger partial charge on any atom is 0.0306 e. The first kappa shape index (κ1) is 42.8. The molecular weight excluding hydrogens is 677 g/mol. The fraction of sp³-hybridized carbons (Fsp3) is 0.724. The maximum atomic E-state index is 2.88. The van der Waals surface area contributed by atoms with Gasteiger partial charge in [0, 0.05) is 50.1 Å². The quantitative estimate of drug-likeness (QED) is 0.184. The molecule has 226 valence electrons. The summed E-state index contributed by atoms with van der Waals surface area (Å²) in [7, 11) is -6.00. The Morgan fingerprint density at radius 1 is 0.564 bits per heavy atom. The fourth-order valence-electron chi connectivity index (χ4n) is 8.32. The van der Waals surface area contributed by atoms with Gasteiger partial charge in [0.2, 0.25) is 0 Å². The molecule has 39 heavy (non-hydrogen) atoms. The Morgan fingerprint density at radius 3 is 1.00 bits per heavy atom. The van der Waals surface area contributed by atoms with Crippen molar-refractivity contribution in [2.75, 3.05) is 20.0 Å². The molecule has 1 aromatic rings. The fourth-order valence-corrected chi connectivity index (χ4v) is 195. The van der Waals surface area contributed by atoms with Crippen molar-refractivity contribution in [1.82, 2.24) is 0 Å². The number of rotatable bonds is 8. The molecule has 4 radical (unpaired) electrons. The number of hydrogen-bond donors (Lipinski definition) is 0. The Morgan fingerprint density at radius 2 is 0.821 bits per heavy atom. The van der Waals surface area contributed by atoms with Gasteiger partial charge in [-0.05, 0) is 7.92 Å². The molecule has 0 atom stereocenters. The number of benzene rings is 1. The third kappa shape index (κ3) is 13.9. The molecule has 1 aromatic carbocycles. The summed E-state index contributed by atoms with van der Waals surface area (Å²) in [5, 5.41) is 0. The first-order chi connectivity index (χ1) is 16.8. The first-order valence-electron chi connectivity index (χ1n) is 15.0. The Bertz CT molecular complexity index is 804. The van der Waals surface area contributed by atoms with Gasteiger partial charge in [0.15, 0.2) is 0 Å². The van der Waals surface area contributed by atoms with Crippen molar-refractivity contribution < 1.29 is 0 Å². The van der Waals surface area contributed by atoms with Crippen LogP contribution in [-0.2, 0) is 0 Å². The molecule has 0 bridgehead atoms. The normalized spacial score (nSPS) is 14.5. The van der Waals surface area contributed by atoms with Gasteiger partial charge in [0.25, 0.3) is 0 Å². The monoisotopic (exact) mass is 747 g/mol. The minimum absolute atomic E-state index is 0.0255. The zero-order valence-electron chi connectivity index (χ0n) is 30.5. The van der Waals surface area contributed by atoms with Gasteiger partial charge in [-0.25, -0.2) is 0 Å². The zero-order chi connectivity index (χ0) is 32.1. The molecular formula is C29H70GePSi8+. The van der Waals surface area contributed by atoms with Crippen molar-refractivity contribution in [2.45, 2.75) is 118 Å². The minimum atomic E-state index is -1.39. The predicted octanol–water partition coefficient (Wildman–Crippen LogP) is 10.3. The molecule has 0 nitrogen and oxygen atoms in total. The zero-order valence-corrected chi connectivity index (χ0v) is 41.6. The summed E-state index contributed by atoms with van der Waals surface area (Å²) >= 11 is 2.36. The van der Waals surface area contributed by atoms with Crippen LogP contribution in [0.25, 0.3) is 4.41 Å². The van der Waals surface area contributed by atoms with Gasteiger partial charge in [-0.3, -0.25) is 0 Å². The Kier molecular flexibility index (Phi) is 17.1. The van der Waals surface area contributed by atoms with Gasteiger partial charge in [-0.15, -0.1) is 0 Å². The summed E-state index contributed by atoms with van der Waals surface area (Å²) in [6, 6.07) is 11.0. The van der Waals surface area contributed by atoms with E-state index in [-0.39, 0.29) is 15.3 Å². The molecule has 0 aliphatic heterocycles. The Hall–Kier alpha value is 1.67. The van der Waals surface area contributed by atoms with E-state index in [4.69, 9.17) is 0 Å². The van der Waals surface area contributed by atoms with E-state index in [0.29, 0.717) is 0 Å². The van der Waals surface area contributed by atoms with Crippen LogP contribution in [0.2, 0.25) is 118 Å². The largest absolute Gasteiger partial charge is 0.0721 e. The molecule has 0 aliphatic carbocycles. The summed E-state index contributed by atoms with van der Waals surface area (Å²) in [6.45, 7) is 52.8. The van der Waals surface area contributed by atoms with Crippen LogP contribution in [0.1, 0.15) is 5.56 Å². The summed E-state index contributed by atoms with van der Waals surface area (Å²) < 4.78 is 1.54. The third-order valence-electron chi connectivity index (χ3n) is 7.24. The second-order valence-electron chi connectivity index (χ2n) is 18.1. The maximum absolute atomic E-state index is 2.88. The van der Waals surface area contributed by atoms with Crippen LogP contribution in [0.5, 0.6) is 0 Å². The summed E-state index contributed by atoms with van der Waals surface area (Å²) in [5.41, 5.74) is 4.31. The van der Waals surface area contributed by atoms with Gasteiger partial charge in [0.05, 0.1) is 0 Å². The molecule has 0 heterocycles. The minimum Gasteiger partial charge on any atom is -0.0721 e. The molecule has 0 amide bonds. The van der Waals surface area contributed by atoms with E-state index in [1.807, 2.05) is 0 Å². The third-order valence-corrected chi connectivity index (χ3v) is 138. The van der Waals surface area contributed by atoms with Gasteiger partial charge in [-0.2, -0.15) is 0 Å². The van der Waals surface area contributed by atoms with Crippen molar-refractivity contribution in [3.63, 3.8) is 0 Å². The van der Waals surface area contributed by atoms with E-state index in [2.05, 4.69) is 190 Å². The standard InChI is InChI=1S/C17H33GeSi4.C9H27Si4.C3H9P/c1-19(2,3)22(20(4,5)6,21(7,8)9)15-17(18)16-13-11-10-12-14-16;1-11(2,3)10(12(4,5)6)13(7,8)9;1-4(2)3/h10-15H,1-9H3;1-9H3;1-3H3/p+1/b17-15-;;. The van der Waals surface area contributed by atoms with Gasteiger partial charge >= 0.3 is 151 Å². The van der Waals surface area contributed by atoms with Crippen LogP contribution in [-0.4, -0.2) is 96.0 Å². The molecule has 10 heteroatoms. The van der Waals surface area contributed by atoms with Crippen molar-refractivity contribution in [2.24, 2.45) is 0 Å². The summed E-state index contributed by atoms with van der Waals surface area (Å²) in [4.78, 5) is 0. The summed E-state index contributed by atoms with van der Waals surface area (Å²) in [6.07, 6.45) is 0. The van der Waals surface area contributed by atoms with E-state index in [1.54, 1.807) is 4.41 Å². The molecule has 0 aromatic heterocycles. The van der Waals surface area contributed by atoms with Gasteiger partial charge < -0.3 is 0 Å². The van der Waals surface area contributed by atoms with Gasteiger partial charge in [0.1, 0.15) is 0 Å². The van der Waals surface area contributed by atoms with Crippen molar-refractivity contribution in [1.29, 1.82) is 0 Å². The van der Waals surface area contributed by atoms with Crippen LogP contribution in [0.4, 0.5) is 0 Å². The molecule has 0 aliphatic rings. The SMILES string of the molecule is C[PH+](C)C.C[Si](C)(C)[Si](/C=[C](\[Ge])c1ccccc1)([Si](C)(C)C)[Si](C)(C)C.C[Si](C)(C)[Si]([Si](C)(C)C)[Si](C)(C)C. The van der Waals surface area contributed by atoms with Crippen LogP contribution in [0, 0.1) is 0 Å². The van der Waals surface area contributed by atoms with Crippen LogP contribution in [0.15, 0.2) is 36.0 Å². The predicted molar refractivity (Wildman–Crippen MR) is 218 cm³/mol. The Balaban J connectivity index is 0. The van der Waals surface area contributed by atoms with E-state index >= 15 is 0 Å². The van der Waals surface area contributed by atoms with E-state index in [0.717, 1.165) is 0 Å². The van der Waals surface area contributed by atoms with Crippen molar-refractivity contribution in [3.05, 3.63) is 41.6 Å². The summed E-state index contributed by atoms with van der Waals surface area (Å²) in [5.74, 6) is 0. The molecule has 0 spiro atoms. The molecule has 0 unspecified atom stereocenters. The second kappa shape index (κ2) is 15.6. The van der Waals surface area contributed by atoms with E-state index in [1.165, 1.54) is 5.56 Å². The average Bonchev–Trinajstić information content (AvgIpc) is 2.59. The molecule has 0 saturated carbocycles. The van der Waals surface area contributed by atoms with Gasteiger partial charge in [-0.1, -0.05) is 58.9 Å². The average molecular weight is 747 g/mol. The second-order valence-corrected chi connectivity index (χ2v) is 99.5. The van der Waals surface area contributed by atoms with Crippen molar-refractivity contribution >= 4 is 88.4 Å².